The Bertz CT molecular complexity index is 659. The highest BCUT2D eigenvalue weighted by Gasteiger charge is 2.36. The number of nitrogens with zero attached hydrogens (tertiary/aromatic N) is 3. The van der Waals surface area contributed by atoms with Gasteiger partial charge in [0.2, 0.25) is 6.23 Å². The van der Waals surface area contributed by atoms with Crippen LogP contribution in [0, 0.1) is 5.92 Å². The Hall–Kier alpha value is -1.47. The Morgan fingerprint density at radius 2 is 2.04 bits per heavy atom. The van der Waals surface area contributed by atoms with Crippen molar-refractivity contribution in [2.45, 2.75) is 72.4 Å². The molecule has 2 atom stereocenters. The van der Waals surface area contributed by atoms with Gasteiger partial charge in [0.15, 0.2) is 0 Å². The maximum atomic E-state index is 12.1. The molecule has 0 amide bonds. The Morgan fingerprint density at radius 1 is 1.25 bits per heavy atom. The molecule has 0 bridgehead atoms. The average molecular weight is 411 g/mol. The lowest BCUT2D eigenvalue weighted by molar-refractivity contribution is -0.944. The number of aromatic nitrogens is 2. The first-order valence-electron chi connectivity index (χ1n) is 10.5. The fourth-order valence-corrected chi connectivity index (χ4v) is 3.95. The van der Waals surface area contributed by atoms with Gasteiger partial charge in [-0.15, -0.1) is 4.37 Å². The van der Waals surface area contributed by atoms with Crippen LogP contribution in [0.2, 0.25) is 0 Å². The van der Waals surface area contributed by atoms with Crippen LogP contribution in [-0.2, 0) is 9.53 Å². The van der Waals surface area contributed by atoms with E-state index in [1.807, 2.05) is 20.8 Å². The van der Waals surface area contributed by atoms with Crippen LogP contribution in [0.25, 0.3) is 5.57 Å². The van der Waals surface area contributed by atoms with Crippen LogP contribution in [0.4, 0.5) is 0 Å². The van der Waals surface area contributed by atoms with Gasteiger partial charge in [0.1, 0.15) is 12.2 Å². The Morgan fingerprint density at radius 3 is 2.75 bits per heavy atom. The van der Waals surface area contributed by atoms with Crippen LogP contribution < -0.4 is 4.74 Å². The van der Waals surface area contributed by atoms with Crippen molar-refractivity contribution >= 4 is 23.3 Å². The second-order valence-electron chi connectivity index (χ2n) is 8.39. The number of esters is 1. The molecule has 0 saturated carbocycles. The maximum Gasteiger partial charge on any atom is 0.310 e. The summed E-state index contributed by atoms with van der Waals surface area (Å²) in [5.74, 6) is 0.829. The largest absolute Gasteiger partial charge is 0.475 e. The highest BCUT2D eigenvalue weighted by molar-refractivity contribution is 6.99. The summed E-state index contributed by atoms with van der Waals surface area (Å²) in [6.07, 6.45) is 8.08. The average Bonchev–Trinajstić information content (AvgIpc) is 3.09. The molecule has 6 nitrogen and oxygen atoms in total. The van der Waals surface area contributed by atoms with E-state index in [0.29, 0.717) is 29.3 Å². The number of quaternary nitrogens is 1. The number of carbonyl (C=O) groups excluding carboxylic acids is 1. The quantitative estimate of drug-likeness (QED) is 0.301. The third kappa shape index (κ3) is 6.55. The molecule has 1 aliphatic heterocycles. The molecule has 1 aromatic rings. The summed E-state index contributed by atoms with van der Waals surface area (Å²) in [6, 6.07) is 0. The van der Waals surface area contributed by atoms with E-state index in [0.717, 1.165) is 37.2 Å². The van der Waals surface area contributed by atoms with Crippen LogP contribution in [0.3, 0.4) is 0 Å². The van der Waals surface area contributed by atoms with Crippen LogP contribution in [0.15, 0.2) is 6.08 Å². The van der Waals surface area contributed by atoms with Gasteiger partial charge in [-0.2, -0.15) is 4.37 Å². The maximum absolute atomic E-state index is 12.1. The molecule has 28 heavy (non-hydrogen) atoms. The second-order valence-corrected chi connectivity index (χ2v) is 8.92. The number of ether oxygens (including phenoxy) is 2. The molecule has 0 saturated heterocycles. The monoisotopic (exact) mass is 410 g/mol. The highest BCUT2D eigenvalue weighted by atomic mass is 32.1. The molecule has 0 spiro atoms. The molecule has 1 aliphatic rings. The normalized spacial score (nSPS) is 20.7. The Balaban J connectivity index is 1.98. The van der Waals surface area contributed by atoms with Crippen molar-refractivity contribution in [3.63, 3.8) is 0 Å². The molecule has 0 aliphatic carbocycles. The van der Waals surface area contributed by atoms with Crippen LogP contribution in [0.1, 0.15) is 71.9 Å². The third-order valence-electron chi connectivity index (χ3n) is 5.32. The zero-order valence-corrected chi connectivity index (χ0v) is 18.9. The molecule has 0 fully saturated rings. The molecular weight excluding hydrogens is 374 g/mol. The van der Waals surface area contributed by atoms with Gasteiger partial charge in [-0.25, -0.2) is 0 Å². The number of unbranched alkanes of at least 4 members (excludes halogenated alkanes) is 3. The fourth-order valence-electron chi connectivity index (χ4n) is 3.42. The SMILES string of the molecule is CCCCCCOc1nsnc1C1=CCC[N+](C)([C@@H](C)OC(=O)CC(C)C)C1. The Labute approximate surface area is 173 Å². The summed E-state index contributed by atoms with van der Waals surface area (Å²) in [5.41, 5.74) is 1.99. The van der Waals surface area contributed by atoms with E-state index in [1.165, 1.54) is 31.0 Å². The van der Waals surface area contributed by atoms with E-state index in [4.69, 9.17) is 9.47 Å². The molecule has 2 rings (SSSR count). The lowest BCUT2D eigenvalue weighted by atomic mass is 10.0. The van der Waals surface area contributed by atoms with Crippen molar-refractivity contribution in [3.05, 3.63) is 11.8 Å². The molecule has 0 N–H and O–H groups in total. The van der Waals surface area contributed by atoms with Crippen molar-refractivity contribution < 1.29 is 18.8 Å². The van der Waals surface area contributed by atoms with Crippen LogP contribution in [-0.4, -0.2) is 52.2 Å². The fraction of sp³-hybridized carbons (Fsp3) is 0.762. The van der Waals surface area contributed by atoms with Crippen molar-refractivity contribution in [1.82, 2.24) is 8.75 Å². The zero-order chi connectivity index (χ0) is 20.6. The van der Waals surface area contributed by atoms with E-state index in [1.54, 1.807) is 0 Å². The lowest BCUT2D eigenvalue weighted by Crippen LogP contribution is -2.55. The molecule has 2 heterocycles. The molecule has 0 aromatic carbocycles. The van der Waals surface area contributed by atoms with E-state index in [-0.39, 0.29) is 12.2 Å². The minimum absolute atomic E-state index is 0.121. The van der Waals surface area contributed by atoms with Gasteiger partial charge in [0.05, 0.1) is 31.9 Å². The zero-order valence-electron chi connectivity index (χ0n) is 18.1. The van der Waals surface area contributed by atoms with Crippen LogP contribution >= 0.6 is 11.7 Å². The molecular formula is C21H36N3O3S+. The standard InChI is InChI=1S/C21H36N3O3S/c1-6-7-8-9-13-26-21-20(22-28-23-21)18-11-10-12-24(5,15-18)17(4)27-19(25)14-16(2)3/h11,16-17H,6-10,12-15H2,1-5H3/q+1/t17-,24?/m1/s1. The van der Waals surface area contributed by atoms with Crippen molar-refractivity contribution in [3.8, 4) is 5.88 Å². The minimum atomic E-state index is -0.194. The van der Waals surface area contributed by atoms with Gasteiger partial charge >= 0.3 is 5.97 Å². The first-order chi connectivity index (χ1) is 13.4. The molecule has 1 aromatic heterocycles. The summed E-state index contributed by atoms with van der Waals surface area (Å²) < 4.78 is 21.2. The summed E-state index contributed by atoms with van der Waals surface area (Å²) in [5, 5.41) is 0. The summed E-state index contributed by atoms with van der Waals surface area (Å²) in [7, 11) is 2.14. The third-order valence-corrected chi connectivity index (χ3v) is 5.83. The lowest BCUT2D eigenvalue weighted by Gasteiger charge is -2.41. The summed E-state index contributed by atoms with van der Waals surface area (Å²) >= 11 is 1.20. The number of hydrogen-bond donors (Lipinski definition) is 0. The summed E-state index contributed by atoms with van der Waals surface area (Å²) in [6.45, 7) is 10.6. The van der Waals surface area contributed by atoms with Crippen molar-refractivity contribution in [1.29, 1.82) is 0 Å². The molecule has 0 radical (unpaired) electrons. The topological polar surface area (TPSA) is 61.3 Å². The number of likely N-dealkylation sites (N-methyl/N-ethyl adjacent to an activating group) is 1. The predicted octanol–water partition coefficient (Wildman–Crippen LogP) is 4.67. The van der Waals surface area contributed by atoms with E-state index in [2.05, 4.69) is 28.8 Å². The highest BCUT2D eigenvalue weighted by Crippen LogP contribution is 2.31. The van der Waals surface area contributed by atoms with E-state index >= 15 is 0 Å². The minimum Gasteiger partial charge on any atom is -0.475 e. The van der Waals surface area contributed by atoms with Gasteiger partial charge in [-0.05, 0) is 12.3 Å². The first-order valence-corrected chi connectivity index (χ1v) is 11.3. The van der Waals surface area contributed by atoms with E-state index in [9.17, 15) is 4.79 Å². The van der Waals surface area contributed by atoms with E-state index < -0.39 is 0 Å². The first kappa shape index (κ1) is 22.8. The van der Waals surface area contributed by atoms with Crippen LogP contribution in [0.5, 0.6) is 5.88 Å². The van der Waals surface area contributed by atoms with Gasteiger partial charge in [0.25, 0.3) is 5.88 Å². The van der Waals surface area contributed by atoms with Crippen molar-refractivity contribution in [2.75, 3.05) is 26.7 Å². The summed E-state index contributed by atoms with van der Waals surface area (Å²) in [4.78, 5) is 12.1. The van der Waals surface area contributed by atoms with Gasteiger partial charge in [-0.3, -0.25) is 9.28 Å². The molecule has 7 heteroatoms. The molecule has 158 valence electrons. The predicted molar refractivity (Wildman–Crippen MR) is 113 cm³/mol. The Kier molecular flexibility index (Phi) is 8.89. The number of rotatable bonds is 11. The van der Waals surface area contributed by atoms with Crippen molar-refractivity contribution in [2.24, 2.45) is 5.92 Å². The van der Waals surface area contributed by atoms with Gasteiger partial charge in [0, 0.05) is 25.3 Å². The molecule has 1 unspecified atom stereocenters. The van der Waals surface area contributed by atoms with Gasteiger partial charge < -0.3 is 9.47 Å². The second kappa shape index (κ2) is 10.9. The smallest absolute Gasteiger partial charge is 0.310 e. The number of hydrogen-bond acceptors (Lipinski definition) is 6. The van der Waals surface area contributed by atoms with Gasteiger partial charge in [-0.1, -0.05) is 46.1 Å². The number of carbonyl (C=O) groups is 1.